The lowest BCUT2D eigenvalue weighted by Gasteiger charge is -1.98. The Morgan fingerprint density at radius 1 is 1.33 bits per heavy atom. The number of alkyl halides is 1. The lowest BCUT2D eigenvalue weighted by molar-refractivity contribution is 0.573. The monoisotopic (exact) mass is 162 g/mol. The van der Waals surface area contributed by atoms with Gasteiger partial charge in [0, 0.05) is 5.56 Å². The van der Waals surface area contributed by atoms with Crippen LogP contribution in [0.5, 0.6) is 0 Å². The number of halogens is 1. The minimum Gasteiger partial charge on any atom is -0.237 e. The van der Waals surface area contributed by atoms with Crippen molar-refractivity contribution >= 4 is 0 Å². The van der Waals surface area contributed by atoms with Crippen molar-refractivity contribution in [3.05, 3.63) is 35.4 Å². The quantitative estimate of drug-likeness (QED) is 0.557. The maximum absolute atomic E-state index is 11.7. The van der Waals surface area contributed by atoms with Gasteiger partial charge in [0.2, 0.25) is 0 Å². The van der Waals surface area contributed by atoms with Crippen molar-refractivity contribution in [2.45, 2.75) is 13.3 Å². The molecule has 1 heteroatoms. The van der Waals surface area contributed by atoms with Gasteiger partial charge in [0.15, 0.2) is 6.67 Å². The Labute approximate surface area is 72.4 Å². The Morgan fingerprint density at radius 2 is 2.08 bits per heavy atom. The largest absolute Gasteiger partial charge is 0.237 e. The topological polar surface area (TPSA) is 0 Å². The van der Waals surface area contributed by atoms with E-state index in [-0.39, 0.29) is 0 Å². The Morgan fingerprint density at radius 3 is 2.75 bits per heavy atom. The smallest absolute Gasteiger partial charge is 0.150 e. The van der Waals surface area contributed by atoms with E-state index in [1.807, 2.05) is 24.3 Å². The summed E-state index contributed by atoms with van der Waals surface area (Å²) < 4.78 is 11.7. The molecule has 0 aliphatic carbocycles. The molecular weight excluding hydrogens is 151 g/mol. The van der Waals surface area contributed by atoms with Gasteiger partial charge in [0.05, 0.1) is 0 Å². The highest BCUT2D eigenvalue weighted by molar-refractivity contribution is 5.41. The van der Waals surface area contributed by atoms with Crippen LogP contribution in [0.3, 0.4) is 0 Å². The lowest BCUT2D eigenvalue weighted by Crippen LogP contribution is -1.85. The summed E-state index contributed by atoms with van der Waals surface area (Å²) in [5.41, 5.74) is 2.12. The van der Waals surface area contributed by atoms with Crippen LogP contribution in [0.4, 0.5) is 4.39 Å². The average Bonchev–Trinajstić information content (AvgIpc) is 2.15. The van der Waals surface area contributed by atoms with E-state index in [1.165, 1.54) is 5.56 Å². The van der Waals surface area contributed by atoms with Crippen LogP contribution in [0.1, 0.15) is 18.1 Å². The zero-order valence-corrected chi connectivity index (χ0v) is 7.10. The van der Waals surface area contributed by atoms with Crippen LogP contribution in [-0.4, -0.2) is 6.67 Å². The fourth-order valence-electron chi connectivity index (χ4n) is 1.08. The Bertz CT molecular complexity index is 304. The Hall–Kier alpha value is -1.29. The second-order valence-corrected chi connectivity index (χ2v) is 2.45. The summed E-state index contributed by atoms with van der Waals surface area (Å²) in [7, 11) is 0. The average molecular weight is 162 g/mol. The van der Waals surface area contributed by atoms with Crippen molar-refractivity contribution in [3.8, 4) is 11.8 Å². The summed E-state index contributed by atoms with van der Waals surface area (Å²) in [6.45, 7) is 1.49. The van der Waals surface area contributed by atoms with Crippen LogP contribution in [0.25, 0.3) is 0 Å². The molecule has 0 spiro atoms. The Kier molecular flexibility index (Phi) is 3.35. The van der Waals surface area contributed by atoms with Crippen molar-refractivity contribution < 1.29 is 4.39 Å². The second kappa shape index (κ2) is 4.56. The van der Waals surface area contributed by atoms with Gasteiger partial charge in [-0.2, -0.15) is 0 Å². The van der Waals surface area contributed by atoms with Gasteiger partial charge in [0.25, 0.3) is 0 Å². The van der Waals surface area contributed by atoms with Crippen molar-refractivity contribution in [1.29, 1.82) is 0 Å². The SMILES string of the molecule is CCc1ccccc1C#CCF. The second-order valence-electron chi connectivity index (χ2n) is 2.45. The minimum absolute atomic E-state index is 0.571. The highest BCUT2D eigenvalue weighted by Crippen LogP contribution is 2.07. The summed E-state index contributed by atoms with van der Waals surface area (Å²) in [5, 5.41) is 0. The molecule has 0 unspecified atom stereocenters. The van der Waals surface area contributed by atoms with Crippen LogP contribution in [0, 0.1) is 11.8 Å². The molecule has 1 aromatic rings. The first-order valence-corrected chi connectivity index (χ1v) is 4.01. The third-order valence-corrected chi connectivity index (χ3v) is 1.69. The molecular formula is C11H11F. The molecule has 0 atom stereocenters. The van der Waals surface area contributed by atoms with E-state index < -0.39 is 6.67 Å². The molecule has 0 nitrogen and oxygen atoms in total. The fraction of sp³-hybridized carbons (Fsp3) is 0.273. The van der Waals surface area contributed by atoms with Gasteiger partial charge in [-0.25, -0.2) is 4.39 Å². The first-order chi connectivity index (χ1) is 5.88. The maximum atomic E-state index is 11.7. The van der Waals surface area contributed by atoms with Crippen LogP contribution in [0.15, 0.2) is 24.3 Å². The summed E-state index contributed by atoms with van der Waals surface area (Å²) in [5.74, 6) is 5.21. The molecule has 0 aromatic heterocycles. The molecule has 0 saturated heterocycles. The number of hydrogen-bond donors (Lipinski definition) is 0. The highest BCUT2D eigenvalue weighted by atomic mass is 19.1. The van der Waals surface area contributed by atoms with Gasteiger partial charge in [-0.1, -0.05) is 37.0 Å². The Balaban J connectivity index is 2.97. The molecule has 0 N–H and O–H groups in total. The summed E-state index contributed by atoms with van der Waals surface area (Å²) in [4.78, 5) is 0. The van der Waals surface area contributed by atoms with Gasteiger partial charge in [-0.05, 0) is 18.1 Å². The molecule has 62 valence electrons. The predicted molar refractivity (Wildman–Crippen MR) is 48.7 cm³/mol. The lowest BCUT2D eigenvalue weighted by atomic mass is 10.1. The molecule has 0 fully saturated rings. The number of rotatable bonds is 1. The molecule has 0 aliphatic heterocycles. The van der Waals surface area contributed by atoms with Crippen LogP contribution in [-0.2, 0) is 6.42 Å². The molecule has 1 rings (SSSR count). The van der Waals surface area contributed by atoms with Crippen molar-refractivity contribution in [2.24, 2.45) is 0 Å². The van der Waals surface area contributed by atoms with Crippen molar-refractivity contribution in [3.63, 3.8) is 0 Å². The van der Waals surface area contributed by atoms with E-state index in [0.29, 0.717) is 0 Å². The van der Waals surface area contributed by atoms with Gasteiger partial charge in [-0.15, -0.1) is 0 Å². The van der Waals surface area contributed by atoms with E-state index >= 15 is 0 Å². The van der Waals surface area contributed by atoms with E-state index in [4.69, 9.17) is 0 Å². The molecule has 0 heterocycles. The first kappa shape index (κ1) is 8.80. The third kappa shape index (κ3) is 2.10. The van der Waals surface area contributed by atoms with Crippen LogP contribution < -0.4 is 0 Å². The maximum Gasteiger partial charge on any atom is 0.150 e. The van der Waals surface area contributed by atoms with E-state index in [0.717, 1.165) is 12.0 Å². The number of hydrogen-bond acceptors (Lipinski definition) is 0. The van der Waals surface area contributed by atoms with Gasteiger partial charge < -0.3 is 0 Å². The molecule has 0 radical (unpaired) electrons. The molecule has 0 bridgehead atoms. The summed E-state index contributed by atoms with van der Waals surface area (Å²) in [6.07, 6.45) is 0.942. The van der Waals surface area contributed by atoms with Gasteiger partial charge >= 0.3 is 0 Å². The van der Waals surface area contributed by atoms with E-state index in [2.05, 4.69) is 18.8 Å². The number of benzene rings is 1. The zero-order chi connectivity index (χ0) is 8.81. The van der Waals surface area contributed by atoms with E-state index in [9.17, 15) is 4.39 Å². The summed E-state index contributed by atoms with van der Waals surface area (Å²) >= 11 is 0. The summed E-state index contributed by atoms with van der Waals surface area (Å²) in [6, 6.07) is 7.82. The van der Waals surface area contributed by atoms with Gasteiger partial charge in [-0.3, -0.25) is 0 Å². The zero-order valence-electron chi connectivity index (χ0n) is 7.10. The van der Waals surface area contributed by atoms with Gasteiger partial charge in [0.1, 0.15) is 0 Å². The molecule has 12 heavy (non-hydrogen) atoms. The fourth-order valence-corrected chi connectivity index (χ4v) is 1.08. The highest BCUT2D eigenvalue weighted by Gasteiger charge is 1.93. The standard InChI is InChI=1S/C11H11F/c1-2-10-6-3-4-7-11(10)8-5-9-12/h3-4,6-7H,2,9H2,1H3. The number of aryl methyl sites for hydroxylation is 1. The van der Waals surface area contributed by atoms with E-state index in [1.54, 1.807) is 0 Å². The molecule has 0 aliphatic rings. The first-order valence-electron chi connectivity index (χ1n) is 4.01. The molecule has 0 saturated carbocycles. The predicted octanol–water partition coefficient (Wildman–Crippen LogP) is 2.57. The van der Waals surface area contributed by atoms with Crippen molar-refractivity contribution in [1.82, 2.24) is 0 Å². The van der Waals surface area contributed by atoms with Crippen LogP contribution in [0.2, 0.25) is 0 Å². The normalized spacial score (nSPS) is 8.83. The van der Waals surface area contributed by atoms with Crippen LogP contribution >= 0.6 is 0 Å². The molecule has 0 amide bonds. The van der Waals surface area contributed by atoms with Crippen molar-refractivity contribution in [2.75, 3.05) is 6.67 Å². The third-order valence-electron chi connectivity index (χ3n) is 1.69. The minimum atomic E-state index is -0.571. The molecule has 1 aromatic carbocycles.